The zero-order valence-electron chi connectivity index (χ0n) is 9.72. The quantitative estimate of drug-likeness (QED) is 0.354. The molecular formula is C6H12AlAsO10. The Morgan fingerprint density at radius 2 is 0.778 bits per heavy atom. The summed E-state index contributed by atoms with van der Waals surface area (Å²) in [5.41, 5.74) is 0. The van der Waals surface area contributed by atoms with E-state index in [-0.39, 0.29) is 17.4 Å². The Morgan fingerprint density at radius 1 is 0.778 bits per heavy atom. The van der Waals surface area contributed by atoms with Gasteiger partial charge < -0.3 is 29.7 Å². The third-order valence-electron chi connectivity index (χ3n) is 0. The Bertz CT molecular complexity index is 223. The molecule has 0 aromatic carbocycles. The van der Waals surface area contributed by atoms with Gasteiger partial charge in [-0.25, -0.2) is 0 Å². The summed E-state index contributed by atoms with van der Waals surface area (Å²) in [6.07, 6.45) is 0. The number of rotatable bonds is 0. The van der Waals surface area contributed by atoms with Crippen molar-refractivity contribution in [2.45, 2.75) is 20.8 Å². The molecule has 0 aromatic heterocycles. The summed E-state index contributed by atoms with van der Waals surface area (Å²) in [7, 11) is 0. The van der Waals surface area contributed by atoms with Gasteiger partial charge in [-0.2, -0.15) is 0 Å². The van der Waals surface area contributed by atoms with Gasteiger partial charge in [0.05, 0.1) is 0 Å². The number of hydrogen-bond donors (Lipinski definition) is 3. The van der Waals surface area contributed by atoms with E-state index in [2.05, 4.69) is 0 Å². The fraction of sp³-hybridized carbons (Fsp3) is 0.500. The van der Waals surface area contributed by atoms with Crippen molar-refractivity contribution in [3.8, 4) is 0 Å². The van der Waals surface area contributed by atoms with Crippen molar-refractivity contribution in [2.75, 3.05) is 0 Å². The summed E-state index contributed by atoms with van der Waals surface area (Å²) in [5, 5.41) is 26.7. The van der Waals surface area contributed by atoms with E-state index >= 15 is 0 Å². The molecule has 0 aliphatic carbocycles. The van der Waals surface area contributed by atoms with Gasteiger partial charge in [-0.1, -0.05) is 0 Å². The minimum atomic E-state index is -5.12. The monoisotopic (exact) mass is 346 g/mol. The molecule has 0 radical (unpaired) electrons. The van der Waals surface area contributed by atoms with Crippen LogP contribution in [0.25, 0.3) is 0 Å². The number of aliphatic carboxylic acids is 3. The SMILES string of the molecule is CC(=O)[O-].CC(=O)[O-].CC(=O)[O-].O=[As](O)(O)O.[Al+3]. The fourth-order valence-electron chi connectivity index (χ4n) is 0. The second-order valence-corrected chi connectivity index (χ2v) is 4.14. The topological polar surface area (TPSA) is 198 Å². The first-order valence-corrected chi connectivity index (χ1v) is 6.79. The van der Waals surface area contributed by atoms with Crippen molar-refractivity contribution >= 4 is 49.8 Å². The first kappa shape index (κ1) is 30.3. The summed E-state index contributed by atoms with van der Waals surface area (Å²) in [6, 6.07) is 0. The second kappa shape index (κ2) is 18.5. The minimum absolute atomic E-state index is 0. The van der Waals surface area contributed by atoms with Crippen LogP contribution in [0.2, 0.25) is 0 Å². The first-order valence-electron chi connectivity index (χ1n) is 3.51. The molecule has 0 fully saturated rings. The van der Waals surface area contributed by atoms with Gasteiger partial charge >= 0.3 is 47.9 Å². The summed E-state index contributed by atoms with van der Waals surface area (Å²) in [4.78, 5) is 26.7. The van der Waals surface area contributed by atoms with Gasteiger partial charge in [0.1, 0.15) is 0 Å². The van der Waals surface area contributed by atoms with Gasteiger partial charge in [0, 0.05) is 17.9 Å². The van der Waals surface area contributed by atoms with Gasteiger partial charge in [-0.15, -0.1) is 0 Å². The standard InChI is InChI=1S/3C2H4O2.Al.AsH3O4/c3*1-2(3)4;;2-1(3,4)5/h3*1H3,(H,3,4);;(H3,2,3,4,5)/q;;;+3;/p-3. The van der Waals surface area contributed by atoms with Crippen LogP contribution >= 0.6 is 0 Å². The maximum atomic E-state index is 8.94. The zero-order valence-corrected chi connectivity index (χ0v) is 12.8. The molecule has 0 heterocycles. The van der Waals surface area contributed by atoms with E-state index in [1.165, 1.54) is 0 Å². The van der Waals surface area contributed by atoms with Crippen LogP contribution in [0, 0.1) is 0 Å². The van der Waals surface area contributed by atoms with E-state index in [1.54, 1.807) is 0 Å². The summed E-state index contributed by atoms with van der Waals surface area (Å²) in [5.74, 6) is -3.25. The third kappa shape index (κ3) is 4550. The molecule has 0 amide bonds. The Labute approximate surface area is 116 Å². The third-order valence-corrected chi connectivity index (χ3v) is 0. The van der Waals surface area contributed by atoms with Crippen molar-refractivity contribution in [2.24, 2.45) is 0 Å². The molecule has 0 spiro atoms. The molecule has 18 heavy (non-hydrogen) atoms. The summed E-state index contributed by atoms with van der Waals surface area (Å²) in [6.45, 7) is 2.92. The van der Waals surface area contributed by atoms with Crippen molar-refractivity contribution in [3.63, 3.8) is 0 Å². The van der Waals surface area contributed by atoms with E-state index in [4.69, 9.17) is 45.7 Å². The number of carbonyl (C=O) groups is 3. The first-order chi connectivity index (χ1) is 7.20. The van der Waals surface area contributed by atoms with Gasteiger partial charge in [0.2, 0.25) is 0 Å². The molecule has 10 nitrogen and oxygen atoms in total. The molecule has 0 unspecified atom stereocenters. The van der Waals surface area contributed by atoms with Crippen molar-refractivity contribution < 1.29 is 45.7 Å². The molecule has 0 saturated carbocycles. The van der Waals surface area contributed by atoms with Gasteiger partial charge in [-0.3, -0.25) is 0 Å². The fourth-order valence-corrected chi connectivity index (χ4v) is 0. The molecule has 0 atom stereocenters. The normalized spacial score (nSPS) is 7.44. The molecule has 0 rings (SSSR count). The number of carboxylic acid groups (broad SMARTS) is 3. The van der Waals surface area contributed by atoms with E-state index < -0.39 is 32.4 Å². The van der Waals surface area contributed by atoms with Crippen molar-refractivity contribution in [1.29, 1.82) is 0 Å². The zero-order chi connectivity index (χ0) is 15.2. The Kier molecular flexibility index (Phi) is 31.2. The van der Waals surface area contributed by atoms with E-state index in [9.17, 15) is 0 Å². The van der Waals surface area contributed by atoms with Crippen LogP contribution in [0.4, 0.5) is 0 Å². The smallest absolute Gasteiger partial charge is 3.00 e. The predicted molar refractivity (Wildman–Crippen MR) is 50.9 cm³/mol. The van der Waals surface area contributed by atoms with Crippen LogP contribution in [-0.4, -0.2) is 62.1 Å². The van der Waals surface area contributed by atoms with Crippen LogP contribution < -0.4 is 15.3 Å². The van der Waals surface area contributed by atoms with Crippen LogP contribution in [0.3, 0.4) is 0 Å². The van der Waals surface area contributed by atoms with Crippen LogP contribution in [0.1, 0.15) is 20.8 Å². The van der Waals surface area contributed by atoms with Crippen molar-refractivity contribution in [3.05, 3.63) is 0 Å². The average molecular weight is 346 g/mol. The average Bonchev–Trinajstić information content (AvgIpc) is 1.73. The number of carbonyl (C=O) groups excluding carboxylic acids is 3. The molecule has 104 valence electrons. The summed E-state index contributed by atoms with van der Waals surface area (Å²) < 4.78 is 30.7. The number of hydrogen-bond acceptors (Lipinski definition) is 7. The second-order valence-electron chi connectivity index (χ2n) is 1.99. The molecule has 0 bridgehead atoms. The Hall–Kier alpha value is -0.819. The molecule has 3 N–H and O–H groups in total. The van der Waals surface area contributed by atoms with Crippen molar-refractivity contribution in [1.82, 2.24) is 0 Å². The van der Waals surface area contributed by atoms with Gasteiger partial charge in [0.25, 0.3) is 0 Å². The molecular weight excluding hydrogens is 334 g/mol. The maximum absolute atomic E-state index is 8.94. The van der Waals surface area contributed by atoms with Gasteiger partial charge in [0.15, 0.2) is 0 Å². The molecule has 0 saturated heterocycles. The maximum Gasteiger partial charge on any atom is 3.00 e. The van der Waals surface area contributed by atoms with E-state index in [0.717, 1.165) is 20.8 Å². The van der Waals surface area contributed by atoms with Crippen LogP contribution in [0.5, 0.6) is 0 Å². The van der Waals surface area contributed by atoms with Crippen LogP contribution in [0.15, 0.2) is 0 Å². The molecule has 0 aliphatic rings. The Balaban J connectivity index is -0.0000000412. The largest absolute Gasteiger partial charge is 3.00 e. The van der Waals surface area contributed by atoms with E-state index in [0.29, 0.717) is 0 Å². The Morgan fingerprint density at radius 3 is 0.778 bits per heavy atom. The predicted octanol–water partition coefficient (Wildman–Crippen LogP) is -6.28. The summed E-state index contributed by atoms with van der Waals surface area (Å²) >= 11 is -5.12. The number of carboxylic acids is 3. The molecule has 0 aliphatic heterocycles. The van der Waals surface area contributed by atoms with Crippen LogP contribution in [-0.2, 0) is 18.1 Å². The molecule has 12 heteroatoms. The van der Waals surface area contributed by atoms with E-state index in [1.807, 2.05) is 0 Å². The van der Waals surface area contributed by atoms with Gasteiger partial charge in [-0.05, 0) is 20.8 Å². The molecule has 0 aromatic rings. The minimum Gasteiger partial charge on any atom is 3.00 e.